The molecule has 2 amide bonds. The number of hydrogen-bond acceptors (Lipinski definition) is 5. The molecule has 29 heavy (non-hydrogen) atoms. The van der Waals surface area contributed by atoms with Gasteiger partial charge in [-0.3, -0.25) is 23.9 Å². The van der Waals surface area contributed by atoms with Crippen molar-refractivity contribution in [1.82, 2.24) is 19.8 Å². The fraction of sp³-hybridized carbons (Fsp3) is 0.400. The van der Waals surface area contributed by atoms with Gasteiger partial charge in [-0.1, -0.05) is 30.3 Å². The van der Waals surface area contributed by atoms with E-state index in [1.54, 1.807) is 11.8 Å². The molecule has 1 fully saturated rings. The number of carbonyl (C=O) groups excluding carboxylic acids is 2. The van der Waals surface area contributed by atoms with Crippen LogP contribution in [0.3, 0.4) is 0 Å². The predicted octanol–water partition coefficient (Wildman–Crippen LogP) is 1.01. The van der Waals surface area contributed by atoms with Crippen LogP contribution in [0, 0.1) is 6.92 Å². The number of hydrogen-bond donors (Lipinski definition) is 2. The second-order valence-electron chi connectivity index (χ2n) is 7.28. The normalized spacial score (nSPS) is 18.8. The summed E-state index contributed by atoms with van der Waals surface area (Å²) in [7, 11) is 0. The molecule has 2 atom stereocenters. The van der Waals surface area contributed by atoms with E-state index in [2.05, 4.69) is 10.3 Å². The van der Waals surface area contributed by atoms with Gasteiger partial charge >= 0.3 is 5.69 Å². The first-order valence-electron chi connectivity index (χ1n) is 9.36. The summed E-state index contributed by atoms with van der Waals surface area (Å²) in [5.41, 5.74) is 0.115. The van der Waals surface area contributed by atoms with Gasteiger partial charge in [-0.05, 0) is 26.3 Å². The minimum absolute atomic E-state index is 0.0512. The molecule has 0 saturated carbocycles. The first kappa shape index (κ1) is 20.9. The van der Waals surface area contributed by atoms with Gasteiger partial charge in [-0.15, -0.1) is 11.8 Å². The van der Waals surface area contributed by atoms with Crippen molar-refractivity contribution in [2.75, 3.05) is 5.75 Å². The molecule has 0 radical (unpaired) electrons. The van der Waals surface area contributed by atoms with Gasteiger partial charge < -0.3 is 10.2 Å². The molecule has 1 unspecified atom stereocenters. The van der Waals surface area contributed by atoms with Crippen molar-refractivity contribution in [2.24, 2.45) is 0 Å². The lowest BCUT2D eigenvalue weighted by atomic mass is 10.1. The Morgan fingerprint density at radius 2 is 1.93 bits per heavy atom. The van der Waals surface area contributed by atoms with E-state index in [-0.39, 0.29) is 29.8 Å². The maximum atomic E-state index is 13.2. The standard InChI is InChI=1S/C20H24N4O4S/c1-12(2)21-18(27)15-11-29-19(14-7-5-4-6-8-14)24(15)16(25)10-23-9-13(3)17(26)22-20(23)28/h4-9,12,15,19H,10-11H2,1-3H3,(H,21,27)(H,22,26,28)/t15-,19?/m0/s1. The number of aromatic amines is 1. The number of aromatic nitrogens is 2. The summed E-state index contributed by atoms with van der Waals surface area (Å²) >= 11 is 1.51. The molecule has 154 valence electrons. The van der Waals surface area contributed by atoms with Crippen LogP contribution < -0.4 is 16.6 Å². The van der Waals surface area contributed by atoms with Crippen molar-refractivity contribution < 1.29 is 9.59 Å². The maximum Gasteiger partial charge on any atom is 0.328 e. The molecule has 1 aliphatic rings. The average molecular weight is 417 g/mol. The Morgan fingerprint density at radius 3 is 2.59 bits per heavy atom. The molecule has 3 rings (SSSR count). The number of thioether (sulfide) groups is 1. The molecule has 9 heteroatoms. The van der Waals surface area contributed by atoms with E-state index >= 15 is 0 Å². The molecule has 1 aromatic carbocycles. The van der Waals surface area contributed by atoms with Gasteiger partial charge in [0.05, 0.1) is 0 Å². The van der Waals surface area contributed by atoms with Crippen LogP contribution in [0.15, 0.2) is 46.1 Å². The van der Waals surface area contributed by atoms with Gasteiger partial charge in [0.25, 0.3) is 5.56 Å². The summed E-state index contributed by atoms with van der Waals surface area (Å²) in [6, 6.07) is 8.80. The highest BCUT2D eigenvalue weighted by molar-refractivity contribution is 7.99. The zero-order valence-corrected chi connectivity index (χ0v) is 17.4. The van der Waals surface area contributed by atoms with Gasteiger partial charge in [0.1, 0.15) is 18.0 Å². The van der Waals surface area contributed by atoms with E-state index in [1.165, 1.54) is 22.5 Å². The van der Waals surface area contributed by atoms with E-state index in [1.807, 2.05) is 44.2 Å². The van der Waals surface area contributed by atoms with E-state index in [0.717, 1.165) is 5.56 Å². The Hall–Kier alpha value is -2.81. The van der Waals surface area contributed by atoms with Crippen LogP contribution in [0.2, 0.25) is 0 Å². The van der Waals surface area contributed by atoms with E-state index in [0.29, 0.717) is 11.3 Å². The topological polar surface area (TPSA) is 104 Å². The van der Waals surface area contributed by atoms with Crippen LogP contribution in [-0.2, 0) is 16.1 Å². The van der Waals surface area contributed by atoms with Crippen molar-refractivity contribution in [3.8, 4) is 0 Å². The van der Waals surface area contributed by atoms with Crippen LogP contribution >= 0.6 is 11.8 Å². The number of rotatable bonds is 5. The van der Waals surface area contributed by atoms with Crippen molar-refractivity contribution >= 4 is 23.6 Å². The minimum Gasteiger partial charge on any atom is -0.352 e. The Bertz CT molecular complexity index is 1020. The molecule has 8 nitrogen and oxygen atoms in total. The molecule has 0 spiro atoms. The van der Waals surface area contributed by atoms with Crippen molar-refractivity contribution in [2.45, 2.75) is 44.8 Å². The van der Waals surface area contributed by atoms with Gasteiger partial charge in [0.2, 0.25) is 11.8 Å². The van der Waals surface area contributed by atoms with Crippen molar-refractivity contribution in [1.29, 1.82) is 0 Å². The second-order valence-corrected chi connectivity index (χ2v) is 8.39. The zero-order chi connectivity index (χ0) is 21.1. The molecule has 2 heterocycles. The van der Waals surface area contributed by atoms with Crippen LogP contribution in [0.5, 0.6) is 0 Å². The summed E-state index contributed by atoms with van der Waals surface area (Å²) in [4.78, 5) is 53.4. The Kier molecular flexibility index (Phi) is 6.26. The van der Waals surface area contributed by atoms with Gasteiger partial charge in [0.15, 0.2) is 0 Å². The number of benzene rings is 1. The quantitative estimate of drug-likeness (QED) is 0.757. The van der Waals surface area contributed by atoms with Crippen molar-refractivity contribution in [3.05, 3.63) is 68.5 Å². The van der Waals surface area contributed by atoms with Crippen LogP contribution in [-0.4, -0.2) is 44.1 Å². The molecule has 1 aromatic heterocycles. The monoisotopic (exact) mass is 416 g/mol. The summed E-state index contributed by atoms with van der Waals surface area (Å²) in [5, 5.41) is 2.54. The third-order valence-corrected chi connectivity index (χ3v) is 5.92. The number of aryl methyl sites for hydroxylation is 1. The molecule has 0 aliphatic carbocycles. The largest absolute Gasteiger partial charge is 0.352 e. The fourth-order valence-corrected chi connectivity index (χ4v) is 4.68. The lowest BCUT2D eigenvalue weighted by Gasteiger charge is -2.29. The van der Waals surface area contributed by atoms with Crippen LogP contribution in [0.4, 0.5) is 0 Å². The van der Waals surface area contributed by atoms with Crippen LogP contribution in [0.25, 0.3) is 0 Å². The molecule has 1 saturated heterocycles. The van der Waals surface area contributed by atoms with Gasteiger partial charge in [0, 0.05) is 23.6 Å². The highest BCUT2D eigenvalue weighted by Gasteiger charge is 2.42. The Morgan fingerprint density at radius 1 is 1.24 bits per heavy atom. The third kappa shape index (κ3) is 4.61. The molecule has 0 bridgehead atoms. The zero-order valence-electron chi connectivity index (χ0n) is 16.5. The maximum absolute atomic E-state index is 13.2. The molecule has 2 aromatic rings. The fourth-order valence-electron chi connectivity index (χ4n) is 3.23. The first-order valence-corrected chi connectivity index (χ1v) is 10.4. The Labute approximate surface area is 172 Å². The number of nitrogens with zero attached hydrogens (tertiary/aromatic N) is 2. The summed E-state index contributed by atoms with van der Waals surface area (Å²) in [5.74, 6) is -0.116. The van der Waals surface area contributed by atoms with Crippen LogP contribution in [0.1, 0.15) is 30.3 Å². The lowest BCUT2D eigenvalue weighted by Crippen LogP contribution is -2.50. The molecule has 1 aliphatic heterocycles. The predicted molar refractivity (Wildman–Crippen MR) is 112 cm³/mol. The average Bonchev–Trinajstić information content (AvgIpc) is 3.11. The highest BCUT2D eigenvalue weighted by Crippen LogP contribution is 2.41. The SMILES string of the molecule is Cc1cn(CC(=O)N2C(c3ccccc3)SC[C@H]2C(=O)NC(C)C)c(=O)[nH]c1=O. The van der Waals surface area contributed by atoms with E-state index in [4.69, 9.17) is 0 Å². The summed E-state index contributed by atoms with van der Waals surface area (Å²) < 4.78 is 1.17. The minimum atomic E-state index is -0.653. The van der Waals surface area contributed by atoms with Gasteiger partial charge in [-0.25, -0.2) is 4.79 Å². The second kappa shape index (κ2) is 8.69. The lowest BCUT2D eigenvalue weighted by molar-refractivity contribution is -0.140. The van der Waals surface area contributed by atoms with Gasteiger partial charge in [-0.2, -0.15) is 0 Å². The first-order chi connectivity index (χ1) is 13.8. The van der Waals surface area contributed by atoms with E-state index in [9.17, 15) is 19.2 Å². The molecular formula is C20H24N4O4S. The number of carbonyl (C=O) groups is 2. The summed E-state index contributed by atoms with van der Waals surface area (Å²) in [6.45, 7) is 5.04. The molecule has 2 N–H and O–H groups in total. The van der Waals surface area contributed by atoms with E-state index < -0.39 is 17.3 Å². The summed E-state index contributed by atoms with van der Waals surface area (Å²) in [6.07, 6.45) is 1.36. The number of amides is 2. The van der Waals surface area contributed by atoms with Crippen molar-refractivity contribution in [3.63, 3.8) is 0 Å². The smallest absolute Gasteiger partial charge is 0.328 e. The number of nitrogens with one attached hydrogen (secondary N) is 2. The Balaban J connectivity index is 1.93. The highest BCUT2D eigenvalue weighted by atomic mass is 32.2. The molecular weight excluding hydrogens is 392 g/mol. The number of H-pyrrole nitrogens is 1. The third-order valence-electron chi connectivity index (χ3n) is 4.60.